The van der Waals surface area contributed by atoms with Crippen molar-refractivity contribution in [2.24, 2.45) is 0 Å². The third kappa shape index (κ3) is 2.52. The molecule has 0 fully saturated rings. The Morgan fingerprint density at radius 2 is 1.19 bits per heavy atom. The van der Waals surface area contributed by atoms with Crippen LogP contribution in [-0.4, -0.2) is 26.2 Å². The second kappa shape index (κ2) is 6.29. The molecule has 4 aliphatic rings. The SMILES string of the molecule is c1cc2c3c(c1)C(CC1CCN4CCCc5cccc1c54)CCN3CCC2. The van der Waals surface area contributed by atoms with E-state index >= 15 is 0 Å². The fraction of sp³-hybridized carbons (Fsp3) is 0.520. The predicted octanol–water partition coefficient (Wildman–Crippen LogP) is 5.26. The summed E-state index contributed by atoms with van der Waals surface area (Å²) in [5.74, 6) is 1.48. The molecule has 2 atom stereocenters. The molecule has 2 aromatic carbocycles. The summed E-state index contributed by atoms with van der Waals surface area (Å²) in [5.41, 5.74) is 9.77. The summed E-state index contributed by atoms with van der Waals surface area (Å²) >= 11 is 0. The van der Waals surface area contributed by atoms with E-state index in [0.29, 0.717) is 0 Å². The third-order valence-electron chi connectivity index (χ3n) is 7.63. The van der Waals surface area contributed by atoms with Crippen molar-refractivity contribution in [2.45, 2.75) is 56.8 Å². The van der Waals surface area contributed by atoms with Crippen LogP contribution in [0, 0.1) is 0 Å². The Morgan fingerprint density at radius 3 is 1.70 bits per heavy atom. The Balaban J connectivity index is 1.35. The maximum atomic E-state index is 2.68. The van der Waals surface area contributed by atoms with Crippen LogP contribution in [0.4, 0.5) is 11.4 Å². The molecular weight excluding hydrogens is 328 g/mol. The summed E-state index contributed by atoms with van der Waals surface area (Å²) in [7, 11) is 0. The molecule has 6 rings (SSSR count). The molecule has 0 saturated carbocycles. The fourth-order valence-electron chi connectivity index (χ4n) is 6.42. The highest BCUT2D eigenvalue weighted by molar-refractivity contribution is 5.66. The Labute approximate surface area is 163 Å². The smallest absolute Gasteiger partial charge is 0.0434 e. The van der Waals surface area contributed by atoms with Gasteiger partial charge in [0.25, 0.3) is 0 Å². The van der Waals surface area contributed by atoms with Gasteiger partial charge in [-0.2, -0.15) is 0 Å². The standard InChI is InChI=1S/C25H30N2/c1-5-18-7-3-13-26-15-11-20(22(9-1)24(18)26)17-21-12-16-27-14-4-8-19-6-2-10-23(21)25(19)27/h1-2,5-6,9-10,20-21H,3-4,7-8,11-17H2. The molecule has 4 aliphatic heterocycles. The second-order valence-corrected chi connectivity index (χ2v) is 9.10. The van der Waals surface area contributed by atoms with Gasteiger partial charge < -0.3 is 9.80 Å². The monoisotopic (exact) mass is 358 g/mol. The number of aryl methyl sites for hydroxylation is 2. The van der Waals surface area contributed by atoms with Crippen LogP contribution in [-0.2, 0) is 12.8 Å². The van der Waals surface area contributed by atoms with Crippen molar-refractivity contribution in [2.75, 3.05) is 36.0 Å². The van der Waals surface area contributed by atoms with E-state index in [1.165, 1.54) is 71.1 Å². The summed E-state index contributed by atoms with van der Waals surface area (Å²) in [5, 5.41) is 0. The number of anilines is 2. The maximum absolute atomic E-state index is 2.68. The molecule has 0 aromatic heterocycles. The number of benzene rings is 2. The Hall–Kier alpha value is -1.96. The third-order valence-corrected chi connectivity index (χ3v) is 7.63. The number of hydrogen-bond acceptors (Lipinski definition) is 2. The van der Waals surface area contributed by atoms with Crippen LogP contribution in [0.15, 0.2) is 36.4 Å². The van der Waals surface area contributed by atoms with E-state index in [1.807, 2.05) is 0 Å². The first-order chi connectivity index (χ1) is 13.4. The van der Waals surface area contributed by atoms with Crippen LogP contribution in [0.2, 0.25) is 0 Å². The van der Waals surface area contributed by atoms with E-state index in [0.717, 1.165) is 11.8 Å². The first-order valence-corrected chi connectivity index (χ1v) is 11.1. The van der Waals surface area contributed by atoms with Crippen molar-refractivity contribution in [1.82, 2.24) is 0 Å². The minimum Gasteiger partial charge on any atom is -0.371 e. The summed E-state index contributed by atoms with van der Waals surface area (Å²) in [6.45, 7) is 5.06. The zero-order valence-corrected chi connectivity index (χ0v) is 16.3. The number of hydrogen-bond donors (Lipinski definition) is 0. The quantitative estimate of drug-likeness (QED) is 0.723. The van der Waals surface area contributed by atoms with Gasteiger partial charge in [-0.1, -0.05) is 36.4 Å². The number of rotatable bonds is 2. The van der Waals surface area contributed by atoms with E-state index in [9.17, 15) is 0 Å². The minimum atomic E-state index is 0.741. The van der Waals surface area contributed by atoms with E-state index in [1.54, 1.807) is 33.6 Å². The Bertz CT molecular complexity index is 799. The average molecular weight is 359 g/mol. The van der Waals surface area contributed by atoms with Crippen LogP contribution in [0.3, 0.4) is 0 Å². The Morgan fingerprint density at radius 1 is 0.667 bits per heavy atom. The van der Waals surface area contributed by atoms with Crippen molar-refractivity contribution >= 4 is 11.4 Å². The molecule has 2 heteroatoms. The molecule has 2 unspecified atom stereocenters. The molecule has 140 valence electrons. The summed E-state index contributed by atoms with van der Waals surface area (Å²) in [6, 6.07) is 14.3. The lowest BCUT2D eigenvalue weighted by atomic mass is 9.75. The molecule has 0 N–H and O–H groups in total. The van der Waals surface area contributed by atoms with Crippen LogP contribution in [0.1, 0.15) is 66.2 Å². The average Bonchev–Trinajstić information content (AvgIpc) is 2.72. The molecule has 4 heterocycles. The summed E-state index contributed by atoms with van der Waals surface area (Å²) in [4.78, 5) is 5.36. The van der Waals surface area contributed by atoms with Crippen LogP contribution in [0.5, 0.6) is 0 Å². The fourth-order valence-corrected chi connectivity index (χ4v) is 6.42. The van der Waals surface area contributed by atoms with Crippen molar-refractivity contribution in [3.63, 3.8) is 0 Å². The molecule has 0 spiro atoms. The lowest BCUT2D eigenvalue weighted by Gasteiger charge is -2.43. The van der Waals surface area contributed by atoms with Crippen LogP contribution in [0.25, 0.3) is 0 Å². The molecule has 2 nitrogen and oxygen atoms in total. The van der Waals surface area contributed by atoms with Gasteiger partial charge >= 0.3 is 0 Å². The zero-order chi connectivity index (χ0) is 17.8. The van der Waals surface area contributed by atoms with Gasteiger partial charge in [0.2, 0.25) is 0 Å². The van der Waals surface area contributed by atoms with Gasteiger partial charge in [-0.25, -0.2) is 0 Å². The van der Waals surface area contributed by atoms with Gasteiger partial charge in [0, 0.05) is 37.6 Å². The molecule has 0 radical (unpaired) electrons. The molecular formula is C25H30N2. The normalized spacial score (nSPS) is 25.8. The Kier molecular flexibility index (Phi) is 3.74. The summed E-state index contributed by atoms with van der Waals surface area (Å²) in [6.07, 6.45) is 9.23. The molecule has 27 heavy (non-hydrogen) atoms. The topological polar surface area (TPSA) is 6.48 Å². The van der Waals surface area contributed by atoms with Crippen molar-refractivity contribution in [3.05, 3.63) is 58.7 Å². The van der Waals surface area contributed by atoms with Crippen molar-refractivity contribution < 1.29 is 0 Å². The zero-order valence-electron chi connectivity index (χ0n) is 16.3. The van der Waals surface area contributed by atoms with Gasteiger partial charge in [-0.3, -0.25) is 0 Å². The highest BCUT2D eigenvalue weighted by atomic mass is 15.2. The highest BCUT2D eigenvalue weighted by Crippen LogP contribution is 2.48. The second-order valence-electron chi connectivity index (χ2n) is 9.10. The van der Waals surface area contributed by atoms with Crippen LogP contribution >= 0.6 is 0 Å². The number of para-hydroxylation sites is 2. The van der Waals surface area contributed by atoms with Crippen molar-refractivity contribution in [3.8, 4) is 0 Å². The van der Waals surface area contributed by atoms with Gasteiger partial charge in [0.15, 0.2) is 0 Å². The highest BCUT2D eigenvalue weighted by Gasteiger charge is 2.34. The van der Waals surface area contributed by atoms with E-state index in [4.69, 9.17) is 0 Å². The first kappa shape index (κ1) is 16.0. The van der Waals surface area contributed by atoms with Gasteiger partial charge in [0.05, 0.1) is 0 Å². The lowest BCUT2D eigenvalue weighted by molar-refractivity contribution is 0.447. The number of nitrogens with zero attached hydrogens (tertiary/aromatic N) is 2. The van der Waals surface area contributed by atoms with E-state index < -0.39 is 0 Å². The predicted molar refractivity (Wildman–Crippen MR) is 113 cm³/mol. The van der Waals surface area contributed by atoms with Crippen molar-refractivity contribution in [1.29, 1.82) is 0 Å². The van der Waals surface area contributed by atoms with Gasteiger partial charge in [-0.05, 0) is 79.0 Å². The molecule has 0 amide bonds. The molecule has 2 aromatic rings. The lowest BCUT2D eigenvalue weighted by Crippen LogP contribution is -2.38. The summed E-state index contributed by atoms with van der Waals surface area (Å²) < 4.78 is 0. The van der Waals surface area contributed by atoms with Crippen LogP contribution < -0.4 is 9.80 Å². The first-order valence-electron chi connectivity index (χ1n) is 11.1. The van der Waals surface area contributed by atoms with Gasteiger partial charge in [-0.15, -0.1) is 0 Å². The molecule has 0 bridgehead atoms. The molecule has 0 aliphatic carbocycles. The minimum absolute atomic E-state index is 0.741. The van der Waals surface area contributed by atoms with Gasteiger partial charge in [0.1, 0.15) is 0 Å². The largest absolute Gasteiger partial charge is 0.371 e. The van der Waals surface area contributed by atoms with E-state index in [-0.39, 0.29) is 0 Å². The molecule has 0 saturated heterocycles. The van der Waals surface area contributed by atoms with E-state index in [2.05, 4.69) is 46.2 Å². The maximum Gasteiger partial charge on any atom is 0.0434 e.